The van der Waals surface area contributed by atoms with Gasteiger partial charge in [0.25, 0.3) is 0 Å². The Labute approximate surface area is 136 Å². The summed E-state index contributed by atoms with van der Waals surface area (Å²) in [5.41, 5.74) is -0.343. The Morgan fingerprint density at radius 1 is 1.41 bits per heavy atom. The van der Waals surface area contributed by atoms with Crippen LogP contribution in [0.2, 0.25) is 0 Å². The highest BCUT2D eigenvalue weighted by Gasteiger charge is 2.44. The van der Waals surface area contributed by atoms with Crippen molar-refractivity contribution < 1.29 is 9.53 Å². The molecule has 122 valence electrons. The van der Waals surface area contributed by atoms with E-state index in [0.717, 1.165) is 52.2 Å². The number of carbonyl (C=O) groups is 1. The maximum Gasteiger partial charge on any atom is 0.232 e. The first-order valence-electron chi connectivity index (χ1n) is 7.97. The van der Waals surface area contributed by atoms with Gasteiger partial charge in [0, 0.05) is 51.3 Å². The van der Waals surface area contributed by atoms with Crippen molar-refractivity contribution >= 4 is 17.2 Å². The molecule has 0 saturated carbocycles. The number of piperazine rings is 1. The Kier molecular flexibility index (Phi) is 5.13. The highest BCUT2D eigenvalue weighted by atomic mass is 32.1. The van der Waals surface area contributed by atoms with Crippen LogP contribution in [0, 0.1) is 5.41 Å². The fraction of sp³-hybridized carbons (Fsp3) is 0.688. The number of carbonyl (C=O) groups excluding carboxylic acids is 1. The van der Waals surface area contributed by atoms with Gasteiger partial charge in [0.1, 0.15) is 0 Å². The fourth-order valence-electron chi connectivity index (χ4n) is 3.45. The van der Waals surface area contributed by atoms with Crippen LogP contribution >= 0.6 is 11.3 Å². The summed E-state index contributed by atoms with van der Waals surface area (Å²) < 4.78 is 5.34. The fourth-order valence-corrected chi connectivity index (χ4v) is 4.20. The number of ether oxygens (including phenoxy) is 1. The molecule has 0 bridgehead atoms. The minimum atomic E-state index is -0.343. The summed E-state index contributed by atoms with van der Waals surface area (Å²) in [6.07, 6.45) is 0.884. The second kappa shape index (κ2) is 7.08. The smallest absolute Gasteiger partial charge is 0.232 e. The van der Waals surface area contributed by atoms with E-state index in [9.17, 15) is 4.79 Å². The van der Waals surface area contributed by atoms with Crippen LogP contribution in [-0.2, 0) is 16.1 Å². The van der Waals surface area contributed by atoms with Gasteiger partial charge >= 0.3 is 0 Å². The molecular formula is C16H25N3O2S. The molecule has 3 rings (SSSR count). The third-order valence-electron chi connectivity index (χ3n) is 4.74. The molecule has 22 heavy (non-hydrogen) atoms. The first-order valence-corrected chi connectivity index (χ1v) is 8.85. The Balaban J connectivity index is 1.55. The maximum atomic E-state index is 12.9. The van der Waals surface area contributed by atoms with Crippen LogP contribution in [0.3, 0.4) is 0 Å². The van der Waals surface area contributed by atoms with Gasteiger partial charge in [-0.3, -0.25) is 9.69 Å². The summed E-state index contributed by atoms with van der Waals surface area (Å²) >= 11 is 1.80. The molecule has 0 aromatic carbocycles. The predicted molar refractivity (Wildman–Crippen MR) is 88.0 cm³/mol. The van der Waals surface area contributed by atoms with E-state index in [1.54, 1.807) is 18.4 Å². The first-order chi connectivity index (χ1) is 10.7. The van der Waals surface area contributed by atoms with Crippen molar-refractivity contribution in [1.29, 1.82) is 0 Å². The summed E-state index contributed by atoms with van der Waals surface area (Å²) in [5, 5.41) is 5.44. The van der Waals surface area contributed by atoms with Crippen molar-refractivity contribution in [3.05, 3.63) is 22.4 Å². The van der Waals surface area contributed by atoms with Gasteiger partial charge in [-0.15, -0.1) is 11.3 Å². The van der Waals surface area contributed by atoms with Crippen LogP contribution in [0.25, 0.3) is 0 Å². The number of methoxy groups -OCH3 is 1. The van der Waals surface area contributed by atoms with Gasteiger partial charge in [0.05, 0.1) is 12.0 Å². The number of rotatable bonds is 5. The van der Waals surface area contributed by atoms with Gasteiger partial charge in [-0.25, -0.2) is 0 Å². The van der Waals surface area contributed by atoms with Gasteiger partial charge in [-0.05, 0) is 24.4 Å². The van der Waals surface area contributed by atoms with Crippen molar-refractivity contribution in [2.75, 3.05) is 53.0 Å². The lowest BCUT2D eigenvalue weighted by atomic mass is 9.86. The molecule has 0 spiro atoms. The monoisotopic (exact) mass is 323 g/mol. The minimum absolute atomic E-state index is 0.273. The molecule has 2 aliphatic heterocycles. The molecule has 2 aliphatic rings. The molecule has 1 unspecified atom stereocenters. The molecule has 2 fully saturated rings. The SMILES string of the molecule is COCC1(C(=O)N2CCN(Cc3cccs3)CC2)CCNC1. The standard InChI is InChI=1S/C16H25N3O2S/c1-21-13-16(4-5-17-12-16)15(20)19-8-6-18(7-9-19)11-14-3-2-10-22-14/h2-3,10,17H,4-9,11-13H2,1H3. The normalized spacial score (nSPS) is 26.5. The lowest BCUT2D eigenvalue weighted by molar-refractivity contribution is -0.146. The van der Waals surface area contributed by atoms with E-state index in [0.29, 0.717) is 6.61 Å². The van der Waals surface area contributed by atoms with Crippen molar-refractivity contribution in [3.8, 4) is 0 Å². The summed E-state index contributed by atoms with van der Waals surface area (Å²) in [6.45, 7) is 6.76. The average Bonchev–Trinajstić information content (AvgIpc) is 3.20. The van der Waals surface area contributed by atoms with Crippen LogP contribution in [0.4, 0.5) is 0 Å². The number of thiophene rings is 1. The lowest BCUT2D eigenvalue weighted by Gasteiger charge is -2.39. The third-order valence-corrected chi connectivity index (χ3v) is 5.60. The number of nitrogens with one attached hydrogen (secondary N) is 1. The highest BCUT2D eigenvalue weighted by Crippen LogP contribution is 2.29. The number of hydrogen-bond donors (Lipinski definition) is 1. The van der Waals surface area contributed by atoms with Gasteiger partial charge in [0.15, 0.2) is 0 Å². The topological polar surface area (TPSA) is 44.8 Å². The van der Waals surface area contributed by atoms with E-state index in [-0.39, 0.29) is 11.3 Å². The van der Waals surface area contributed by atoms with Crippen molar-refractivity contribution in [2.24, 2.45) is 5.41 Å². The molecule has 1 aromatic rings. The van der Waals surface area contributed by atoms with E-state index in [2.05, 4.69) is 27.7 Å². The first kappa shape index (κ1) is 15.9. The Hall–Kier alpha value is -0.950. The molecule has 1 atom stereocenters. The van der Waals surface area contributed by atoms with E-state index in [1.165, 1.54) is 4.88 Å². The van der Waals surface area contributed by atoms with E-state index in [1.807, 2.05) is 4.90 Å². The molecule has 3 heterocycles. The highest BCUT2D eigenvalue weighted by molar-refractivity contribution is 7.09. The van der Waals surface area contributed by atoms with Gasteiger partial charge in [-0.2, -0.15) is 0 Å². The predicted octanol–water partition coefficient (Wildman–Crippen LogP) is 1.02. The van der Waals surface area contributed by atoms with Gasteiger partial charge in [-0.1, -0.05) is 6.07 Å². The zero-order valence-corrected chi connectivity index (χ0v) is 14.0. The Bertz CT molecular complexity index is 478. The van der Waals surface area contributed by atoms with Crippen molar-refractivity contribution in [1.82, 2.24) is 15.1 Å². The summed E-state index contributed by atoms with van der Waals surface area (Å²) in [6, 6.07) is 4.28. The Morgan fingerprint density at radius 3 is 2.82 bits per heavy atom. The van der Waals surface area contributed by atoms with E-state index in [4.69, 9.17) is 4.74 Å². The number of amides is 1. The maximum absolute atomic E-state index is 12.9. The zero-order chi connectivity index (χ0) is 15.4. The van der Waals surface area contributed by atoms with Gasteiger partial charge in [0.2, 0.25) is 5.91 Å². The van der Waals surface area contributed by atoms with E-state index < -0.39 is 0 Å². The van der Waals surface area contributed by atoms with Crippen LogP contribution in [0.15, 0.2) is 17.5 Å². The Morgan fingerprint density at radius 2 is 2.23 bits per heavy atom. The van der Waals surface area contributed by atoms with Gasteiger partial charge < -0.3 is 15.0 Å². The molecule has 5 nitrogen and oxygen atoms in total. The van der Waals surface area contributed by atoms with E-state index >= 15 is 0 Å². The summed E-state index contributed by atoms with van der Waals surface area (Å²) in [7, 11) is 1.69. The second-order valence-electron chi connectivity index (χ2n) is 6.29. The summed E-state index contributed by atoms with van der Waals surface area (Å²) in [5.74, 6) is 0.273. The largest absolute Gasteiger partial charge is 0.384 e. The van der Waals surface area contributed by atoms with Crippen LogP contribution in [0.1, 0.15) is 11.3 Å². The molecular weight excluding hydrogens is 298 g/mol. The van der Waals surface area contributed by atoms with Crippen LogP contribution < -0.4 is 5.32 Å². The van der Waals surface area contributed by atoms with Crippen molar-refractivity contribution in [2.45, 2.75) is 13.0 Å². The minimum Gasteiger partial charge on any atom is -0.384 e. The zero-order valence-electron chi connectivity index (χ0n) is 13.2. The summed E-state index contributed by atoms with van der Waals surface area (Å²) in [4.78, 5) is 18.8. The average molecular weight is 323 g/mol. The van der Waals surface area contributed by atoms with Crippen LogP contribution in [-0.4, -0.2) is 68.7 Å². The molecule has 6 heteroatoms. The molecule has 1 amide bonds. The molecule has 1 N–H and O–H groups in total. The molecule has 2 saturated heterocycles. The molecule has 0 radical (unpaired) electrons. The van der Waals surface area contributed by atoms with Crippen molar-refractivity contribution in [3.63, 3.8) is 0 Å². The third kappa shape index (κ3) is 3.35. The number of nitrogens with zero attached hydrogens (tertiary/aromatic N) is 2. The quantitative estimate of drug-likeness (QED) is 0.879. The lowest BCUT2D eigenvalue weighted by Crippen LogP contribution is -2.54. The van der Waals surface area contributed by atoms with Crippen LogP contribution in [0.5, 0.6) is 0 Å². The molecule has 0 aliphatic carbocycles. The second-order valence-corrected chi connectivity index (χ2v) is 7.32. The number of hydrogen-bond acceptors (Lipinski definition) is 5. The molecule has 1 aromatic heterocycles.